The SMILES string of the molecule is [bH-]1[se+][bH-][se+][bH-][se+]1. The molecule has 0 radical (unpaired) electrons. The van der Waals surface area contributed by atoms with Crippen LogP contribution in [-0.4, -0.2) is 55.9 Å². The van der Waals surface area contributed by atoms with Gasteiger partial charge in [0.25, 0.3) is 0 Å². The van der Waals surface area contributed by atoms with E-state index >= 15 is 0 Å². The summed E-state index contributed by atoms with van der Waals surface area (Å²) in [4.78, 5) is 0. The molecule has 0 fully saturated rings. The number of hydrogen-bond donors (Lipinski definition) is 0. The first-order valence-corrected chi connectivity index (χ1v) is 9.00. The van der Waals surface area contributed by atoms with E-state index in [-0.39, 0.29) is 0 Å². The standard InChI is InChI=1S/B3H3Se3/c1-4-2-6-3-5-1/h1-3H. The predicted octanol–water partition coefficient (Wildman–Crippen LogP) is -3.09. The number of rotatable bonds is 0. The average Bonchev–Trinajstić information content (AvgIpc) is 1.72. The minimum absolute atomic E-state index is 1.11. The van der Waals surface area contributed by atoms with Crippen LogP contribution in [0.25, 0.3) is 0 Å². The van der Waals surface area contributed by atoms with Crippen molar-refractivity contribution in [3.63, 3.8) is 0 Å². The second kappa shape index (κ2) is 3.72. The summed E-state index contributed by atoms with van der Waals surface area (Å²) < 4.78 is 4.92. The van der Waals surface area contributed by atoms with Gasteiger partial charge in [0.2, 0.25) is 0 Å². The van der Waals surface area contributed by atoms with Crippen LogP contribution in [0, 0.1) is 0 Å². The van der Waals surface area contributed by atoms with E-state index in [1.165, 1.54) is 0 Å². The first-order chi connectivity index (χ1) is 3.00. The third kappa shape index (κ3) is 2.16. The molecule has 6 heavy (non-hydrogen) atoms. The van der Waals surface area contributed by atoms with E-state index in [0.717, 1.165) is 42.4 Å². The van der Waals surface area contributed by atoms with Crippen LogP contribution in [0.2, 0.25) is 0 Å². The summed E-state index contributed by atoms with van der Waals surface area (Å²) >= 11 is 3.33. The zero-order valence-corrected chi connectivity index (χ0v) is 8.49. The van der Waals surface area contributed by atoms with Gasteiger partial charge >= 0.3 is 55.9 Å². The van der Waals surface area contributed by atoms with Crippen LogP contribution in [0.3, 0.4) is 0 Å². The zero-order chi connectivity index (χ0) is 4.24. The molecule has 6 heteroatoms. The molecule has 0 aliphatic rings. The van der Waals surface area contributed by atoms with E-state index in [1.54, 1.807) is 13.4 Å². The molecule has 0 N–H and O–H groups in total. The Hall–Kier alpha value is 1.75. The fraction of sp³-hybridized carbons (Fsp3) is 0. The molecule has 0 aromatic carbocycles. The van der Waals surface area contributed by atoms with E-state index in [1.807, 2.05) is 0 Å². The van der Waals surface area contributed by atoms with E-state index in [4.69, 9.17) is 0 Å². The van der Waals surface area contributed by atoms with Crippen LogP contribution in [0.15, 0.2) is 0 Å². The normalized spacial score (nSPS) is 8.00. The third-order valence-electron chi connectivity index (χ3n) is 0.500. The zero-order valence-electron chi connectivity index (χ0n) is 3.35. The van der Waals surface area contributed by atoms with E-state index < -0.39 is 0 Å². The van der Waals surface area contributed by atoms with E-state index in [0.29, 0.717) is 0 Å². The van der Waals surface area contributed by atoms with Gasteiger partial charge in [0.15, 0.2) is 0 Å². The summed E-state index contributed by atoms with van der Waals surface area (Å²) in [6.45, 7) is 0. The summed E-state index contributed by atoms with van der Waals surface area (Å²) in [5, 5.41) is 0. The second-order valence-corrected chi connectivity index (χ2v) is 12.7. The van der Waals surface area contributed by atoms with Crippen molar-refractivity contribution >= 4 is 55.9 Å². The van der Waals surface area contributed by atoms with Gasteiger partial charge in [-0.3, -0.25) is 0 Å². The van der Waals surface area contributed by atoms with Crippen LogP contribution in [0.1, 0.15) is 0 Å². The Labute approximate surface area is 55.5 Å². The maximum atomic E-state index is 1.64. The van der Waals surface area contributed by atoms with E-state index in [9.17, 15) is 0 Å². The van der Waals surface area contributed by atoms with Gasteiger partial charge in [-0.15, -0.1) is 0 Å². The van der Waals surface area contributed by atoms with Crippen molar-refractivity contribution in [2.75, 3.05) is 0 Å². The predicted molar refractivity (Wildman–Crippen MR) is 38.7 cm³/mol. The molecule has 0 saturated heterocycles. The minimum atomic E-state index is 1.11. The maximum absolute atomic E-state index is 1.64. The number of hydrogen-bond acceptors (Lipinski definition) is 0. The van der Waals surface area contributed by atoms with Gasteiger partial charge in [0.1, 0.15) is 0 Å². The molecule has 0 spiro atoms. The topological polar surface area (TPSA) is 0 Å². The van der Waals surface area contributed by atoms with Crippen molar-refractivity contribution in [1.82, 2.24) is 0 Å². The Morgan fingerprint density at radius 2 is 1.00 bits per heavy atom. The van der Waals surface area contributed by atoms with Crippen molar-refractivity contribution in [2.45, 2.75) is 0 Å². The quantitative estimate of drug-likeness (QED) is 0.439. The van der Waals surface area contributed by atoms with Crippen molar-refractivity contribution < 1.29 is 0 Å². The first-order valence-electron chi connectivity index (χ1n) is 1.73. The molecule has 1 aromatic rings. The molecule has 0 unspecified atom stereocenters. The van der Waals surface area contributed by atoms with Crippen LogP contribution in [0.5, 0.6) is 0 Å². The molecule has 0 nitrogen and oxygen atoms in total. The molecule has 0 bridgehead atoms. The Bertz CT molecular complexity index is 78.0. The molecular weight excluding hydrogens is 269 g/mol. The molecule has 0 atom stereocenters. The molecule has 1 rings (SSSR count). The molecular formula is H3B3Se3. The van der Waals surface area contributed by atoms with Gasteiger partial charge in [-0.25, -0.2) is 0 Å². The van der Waals surface area contributed by atoms with Gasteiger partial charge in [0.05, 0.1) is 0 Å². The van der Waals surface area contributed by atoms with Crippen LogP contribution in [0.4, 0.5) is 0 Å². The third-order valence-corrected chi connectivity index (χ3v) is 13.5. The van der Waals surface area contributed by atoms with Crippen molar-refractivity contribution in [2.24, 2.45) is 0 Å². The summed E-state index contributed by atoms with van der Waals surface area (Å²) in [5.41, 5.74) is 0. The van der Waals surface area contributed by atoms with Crippen molar-refractivity contribution in [3.8, 4) is 0 Å². The Morgan fingerprint density at radius 3 is 1.17 bits per heavy atom. The average molecular weight is 272 g/mol. The van der Waals surface area contributed by atoms with Gasteiger partial charge in [0, 0.05) is 0 Å². The van der Waals surface area contributed by atoms with Crippen LogP contribution in [-0.2, 0) is 0 Å². The summed E-state index contributed by atoms with van der Waals surface area (Å²) in [6.07, 6.45) is 0. The molecule has 30 valence electrons. The van der Waals surface area contributed by atoms with E-state index in [2.05, 4.69) is 0 Å². The fourth-order valence-corrected chi connectivity index (χ4v) is 19.1. The van der Waals surface area contributed by atoms with Gasteiger partial charge < -0.3 is 0 Å². The molecule has 0 amide bonds. The molecule has 0 saturated carbocycles. The fourth-order valence-electron chi connectivity index (χ4n) is 0.279. The Kier molecular flexibility index (Phi) is 3.65. The molecule has 0 aliphatic carbocycles. The van der Waals surface area contributed by atoms with Gasteiger partial charge in [-0.1, -0.05) is 0 Å². The van der Waals surface area contributed by atoms with Crippen LogP contribution >= 0.6 is 0 Å². The summed E-state index contributed by atoms with van der Waals surface area (Å²) in [6, 6.07) is 0. The summed E-state index contributed by atoms with van der Waals surface area (Å²) in [5.74, 6) is 0. The van der Waals surface area contributed by atoms with Crippen molar-refractivity contribution in [1.29, 1.82) is 0 Å². The second-order valence-electron chi connectivity index (χ2n) is 0.966. The van der Waals surface area contributed by atoms with Crippen LogP contribution < -0.4 is 0 Å². The van der Waals surface area contributed by atoms with Gasteiger partial charge in [-0.05, 0) is 0 Å². The Balaban J connectivity index is 3.00. The summed E-state index contributed by atoms with van der Waals surface area (Å²) in [7, 11) is 0. The van der Waals surface area contributed by atoms with Gasteiger partial charge in [-0.2, -0.15) is 0 Å². The molecule has 1 heterocycles. The van der Waals surface area contributed by atoms with Crippen molar-refractivity contribution in [3.05, 3.63) is 0 Å². The molecule has 0 aliphatic heterocycles. The first kappa shape index (κ1) is 5.88. The molecule has 1 aromatic heterocycles. The Morgan fingerprint density at radius 1 is 0.667 bits per heavy atom. The monoisotopic (exact) mass is 276 g/mol.